The lowest BCUT2D eigenvalue weighted by Crippen LogP contribution is -2.65. The number of hydrogen-bond acceptors (Lipinski definition) is 7. The topological polar surface area (TPSA) is 119 Å². The Hall–Kier alpha value is -4.30. The van der Waals surface area contributed by atoms with Gasteiger partial charge >= 0.3 is 12.4 Å². The van der Waals surface area contributed by atoms with Crippen LogP contribution >= 0.6 is 9.24 Å². The molecule has 5 rings (SSSR count). The third kappa shape index (κ3) is 5.68. The fourth-order valence-electron chi connectivity index (χ4n) is 5.24. The smallest absolute Gasteiger partial charge is 0.433 e. The number of carbonyl (C=O) groups excluding carboxylic acids is 2. The van der Waals surface area contributed by atoms with E-state index in [2.05, 4.69) is 15.3 Å². The highest BCUT2D eigenvalue weighted by atomic mass is 31.0. The highest BCUT2D eigenvalue weighted by molar-refractivity contribution is 7.27. The van der Waals surface area contributed by atoms with Crippen LogP contribution in [0.1, 0.15) is 36.1 Å². The lowest BCUT2D eigenvalue weighted by Gasteiger charge is -2.54. The Morgan fingerprint density at radius 1 is 1.04 bits per heavy atom. The number of phenols is 1. The van der Waals surface area contributed by atoms with E-state index < -0.39 is 81.6 Å². The Kier molecular flexibility index (Phi) is 8.03. The lowest BCUT2D eigenvalue weighted by atomic mass is 9.72. The predicted molar refractivity (Wildman–Crippen MR) is 148 cm³/mol. The second-order valence-corrected chi connectivity index (χ2v) is 11.0. The molecule has 1 aliphatic heterocycles. The molecular weight excluding hydrogens is 634 g/mol. The van der Waals surface area contributed by atoms with E-state index in [4.69, 9.17) is 0 Å². The Morgan fingerprint density at radius 3 is 2.33 bits per heavy atom. The zero-order chi connectivity index (χ0) is 33.1. The first-order chi connectivity index (χ1) is 21.0. The predicted octanol–water partition coefficient (Wildman–Crippen LogP) is 5.09. The summed E-state index contributed by atoms with van der Waals surface area (Å²) in [5.41, 5.74) is -6.41. The van der Waals surface area contributed by atoms with Gasteiger partial charge in [-0.3, -0.25) is 14.6 Å². The number of phenolic OH excluding ortho intramolecular Hbond substituents is 1. The standard InChI is InChI=1S/C28H23F7N5O4P/c1-39-26(7-2-8-26)23(42)20(25(44)40(39)11-13-3-6-18(41)22(45)21(13)29)24(43)38-16-5-4-14(27(30,31)32)9-15(16)17-10-19(28(33,34)35)37-12-36-17/h3-6,9-10,12,41-42H,2,7-8,11,45H2,1H3,(H,38,43). The van der Waals surface area contributed by atoms with Crippen LogP contribution < -0.4 is 10.6 Å². The quantitative estimate of drug-likeness (QED) is 0.199. The van der Waals surface area contributed by atoms with E-state index >= 15 is 0 Å². The van der Waals surface area contributed by atoms with E-state index in [1.54, 1.807) is 0 Å². The number of hydrogen-bond donors (Lipinski definition) is 3. The molecule has 1 spiro atoms. The number of aromatic hydroxyl groups is 1. The number of halogens is 7. The summed E-state index contributed by atoms with van der Waals surface area (Å²) < 4.78 is 95.7. The highest BCUT2D eigenvalue weighted by Gasteiger charge is 2.55. The molecule has 1 atom stereocenters. The van der Waals surface area contributed by atoms with Gasteiger partial charge in [-0.05, 0) is 49.6 Å². The normalized spacial score (nSPS) is 17.1. The molecule has 3 aromatic rings. The SMILES string of the molecule is CN1N(Cc2ccc(O)c(P)c2F)C(=O)C(C(=O)Nc2ccc(C(F)(F)F)cc2-c2cc(C(F)(F)F)ncn2)=C(O)C12CCC2. The van der Waals surface area contributed by atoms with Crippen molar-refractivity contribution in [2.75, 3.05) is 12.4 Å². The summed E-state index contributed by atoms with van der Waals surface area (Å²) in [6.45, 7) is -0.429. The van der Waals surface area contributed by atoms with Crippen LogP contribution in [0.15, 0.2) is 54.1 Å². The first-order valence-electron chi connectivity index (χ1n) is 13.1. The molecule has 1 saturated carbocycles. The summed E-state index contributed by atoms with van der Waals surface area (Å²) in [6, 6.07) is 4.68. The number of aromatic nitrogens is 2. The van der Waals surface area contributed by atoms with E-state index in [9.17, 15) is 50.5 Å². The maximum absolute atomic E-state index is 15.0. The summed E-state index contributed by atoms with van der Waals surface area (Å²) >= 11 is 0. The van der Waals surface area contributed by atoms with Gasteiger partial charge in [0.25, 0.3) is 11.8 Å². The van der Waals surface area contributed by atoms with E-state index in [-0.39, 0.29) is 29.5 Å². The molecule has 0 bridgehead atoms. The number of aliphatic hydroxyl groups excluding tert-OH is 1. The summed E-state index contributed by atoms with van der Waals surface area (Å²) in [5, 5.41) is 25.5. The van der Waals surface area contributed by atoms with Crippen molar-refractivity contribution in [2.24, 2.45) is 0 Å². The van der Waals surface area contributed by atoms with E-state index in [0.29, 0.717) is 30.9 Å². The molecular formula is C28H23F7N5O4P. The molecule has 238 valence electrons. The number of aliphatic hydroxyl groups is 1. The summed E-state index contributed by atoms with van der Waals surface area (Å²) in [4.78, 5) is 34.1. The van der Waals surface area contributed by atoms with E-state index in [1.807, 2.05) is 9.24 Å². The number of anilines is 1. The van der Waals surface area contributed by atoms with Gasteiger partial charge in [0.1, 0.15) is 34.9 Å². The summed E-state index contributed by atoms with van der Waals surface area (Å²) in [6.07, 6.45) is -8.22. The average Bonchev–Trinajstić information content (AvgIpc) is 2.93. The summed E-state index contributed by atoms with van der Waals surface area (Å²) in [7, 11) is 3.49. The molecule has 2 heterocycles. The molecule has 45 heavy (non-hydrogen) atoms. The first-order valence-corrected chi connectivity index (χ1v) is 13.7. The van der Waals surface area contributed by atoms with Crippen LogP contribution in [0.3, 0.4) is 0 Å². The van der Waals surface area contributed by atoms with Crippen molar-refractivity contribution in [3.8, 4) is 17.0 Å². The van der Waals surface area contributed by atoms with E-state index in [1.165, 1.54) is 24.2 Å². The number of benzene rings is 2. The third-order valence-electron chi connectivity index (χ3n) is 7.90. The van der Waals surface area contributed by atoms with Gasteiger partial charge in [-0.15, -0.1) is 0 Å². The summed E-state index contributed by atoms with van der Waals surface area (Å²) in [5.74, 6) is -4.18. The molecule has 2 aliphatic rings. The highest BCUT2D eigenvalue weighted by Crippen LogP contribution is 2.47. The molecule has 9 nitrogen and oxygen atoms in total. The second kappa shape index (κ2) is 11.2. The minimum absolute atomic E-state index is 0.0390. The maximum atomic E-state index is 15.0. The number of hydrazine groups is 1. The van der Waals surface area contributed by atoms with Crippen molar-refractivity contribution in [3.63, 3.8) is 0 Å². The molecule has 3 N–H and O–H groups in total. The number of amides is 2. The van der Waals surface area contributed by atoms with Gasteiger partial charge in [0.2, 0.25) is 0 Å². The van der Waals surface area contributed by atoms with Gasteiger partial charge in [-0.1, -0.05) is 15.3 Å². The molecule has 1 aromatic heterocycles. The van der Waals surface area contributed by atoms with Crippen molar-refractivity contribution in [3.05, 3.63) is 76.7 Å². The Morgan fingerprint density at radius 2 is 1.73 bits per heavy atom. The number of nitrogens with zero attached hydrogens (tertiary/aromatic N) is 4. The molecule has 2 aromatic carbocycles. The second-order valence-electron chi connectivity index (χ2n) is 10.5. The minimum atomic E-state index is -4.96. The third-order valence-corrected chi connectivity index (χ3v) is 8.45. The van der Waals surface area contributed by atoms with Crippen molar-refractivity contribution in [2.45, 2.75) is 43.7 Å². The van der Waals surface area contributed by atoms with Crippen LogP contribution in [-0.2, 0) is 28.5 Å². The van der Waals surface area contributed by atoms with E-state index in [0.717, 1.165) is 11.1 Å². The zero-order valence-corrected chi connectivity index (χ0v) is 24.2. The Balaban J connectivity index is 1.56. The minimum Gasteiger partial charge on any atom is -0.509 e. The molecule has 1 unspecified atom stereocenters. The van der Waals surface area contributed by atoms with Crippen LogP contribution in [0.2, 0.25) is 0 Å². The molecule has 0 saturated heterocycles. The van der Waals surface area contributed by atoms with Crippen LogP contribution in [0, 0.1) is 5.82 Å². The molecule has 17 heteroatoms. The van der Waals surface area contributed by atoms with Gasteiger partial charge < -0.3 is 15.5 Å². The van der Waals surface area contributed by atoms with Gasteiger partial charge in [0, 0.05) is 23.5 Å². The van der Waals surface area contributed by atoms with Gasteiger partial charge in [-0.25, -0.2) is 19.4 Å². The van der Waals surface area contributed by atoms with Crippen molar-refractivity contribution >= 4 is 32.0 Å². The zero-order valence-electron chi connectivity index (χ0n) is 23.1. The fraction of sp³-hybridized carbons (Fsp3) is 0.286. The fourth-order valence-corrected chi connectivity index (χ4v) is 5.52. The van der Waals surface area contributed by atoms with Crippen molar-refractivity contribution in [1.29, 1.82) is 0 Å². The molecule has 1 aliphatic carbocycles. The van der Waals surface area contributed by atoms with Crippen LogP contribution in [0.5, 0.6) is 5.75 Å². The number of rotatable bonds is 5. The van der Waals surface area contributed by atoms with Crippen LogP contribution in [0.25, 0.3) is 11.3 Å². The molecule has 0 radical (unpaired) electrons. The van der Waals surface area contributed by atoms with Crippen LogP contribution in [0.4, 0.5) is 36.4 Å². The first kappa shape index (κ1) is 32.1. The van der Waals surface area contributed by atoms with Crippen molar-refractivity contribution < 1.29 is 50.5 Å². The number of likely N-dealkylation sites (N-methyl/N-ethyl adjacent to an activating group) is 1. The Labute approximate surface area is 252 Å². The maximum Gasteiger partial charge on any atom is 0.433 e. The lowest BCUT2D eigenvalue weighted by molar-refractivity contribution is -0.172. The van der Waals surface area contributed by atoms with Gasteiger partial charge in [0.05, 0.1) is 29.0 Å². The van der Waals surface area contributed by atoms with Crippen molar-refractivity contribution in [1.82, 2.24) is 20.0 Å². The molecule has 1 fully saturated rings. The monoisotopic (exact) mass is 657 g/mol. The van der Waals surface area contributed by atoms with Crippen LogP contribution in [-0.4, -0.2) is 54.6 Å². The average molecular weight is 657 g/mol. The van der Waals surface area contributed by atoms with Gasteiger partial charge in [-0.2, -0.15) is 26.3 Å². The Bertz CT molecular complexity index is 1740. The number of carbonyl (C=O) groups is 2. The van der Waals surface area contributed by atoms with Gasteiger partial charge in [0.15, 0.2) is 0 Å². The molecule has 2 amide bonds. The number of alkyl halides is 6. The number of nitrogens with one attached hydrogen (secondary N) is 1. The largest absolute Gasteiger partial charge is 0.509 e.